The summed E-state index contributed by atoms with van der Waals surface area (Å²) in [6, 6.07) is 9.97. The van der Waals surface area contributed by atoms with Gasteiger partial charge in [-0.3, -0.25) is 4.79 Å². The third-order valence-electron chi connectivity index (χ3n) is 5.68. The molecule has 0 radical (unpaired) electrons. The zero-order valence-electron chi connectivity index (χ0n) is 17.3. The van der Waals surface area contributed by atoms with Crippen LogP contribution >= 0.6 is 0 Å². The minimum absolute atomic E-state index is 0.0245. The average Bonchev–Trinajstić information content (AvgIpc) is 2.58. The lowest BCUT2D eigenvalue weighted by atomic mass is 10.0. The van der Waals surface area contributed by atoms with Gasteiger partial charge < -0.3 is 14.5 Å². The van der Waals surface area contributed by atoms with E-state index in [1.54, 1.807) is 0 Å². The molecule has 1 saturated heterocycles. The lowest BCUT2D eigenvalue weighted by Gasteiger charge is -2.46. The highest BCUT2D eigenvalue weighted by molar-refractivity contribution is 6.77. The Balaban J connectivity index is 2.19. The molecule has 1 fully saturated rings. The highest BCUT2D eigenvalue weighted by Crippen LogP contribution is 2.43. The Hall–Kier alpha value is -1.17. The van der Waals surface area contributed by atoms with Gasteiger partial charge in [0.05, 0.1) is 18.6 Å². The number of rotatable bonds is 7. The first kappa shape index (κ1) is 21.1. The van der Waals surface area contributed by atoms with Crippen molar-refractivity contribution < 1.29 is 14.0 Å². The van der Waals surface area contributed by atoms with Crippen molar-refractivity contribution in [2.45, 2.75) is 89.9 Å². The number of carbonyl (C=O) groups is 1. The predicted molar refractivity (Wildman–Crippen MR) is 108 cm³/mol. The second kappa shape index (κ2) is 8.68. The largest absolute Gasteiger partial charge is 0.409 e. The molecule has 1 aromatic carbocycles. The molecule has 2 rings (SSSR count). The Labute approximate surface area is 159 Å². The van der Waals surface area contributed by atoms with Crippen molar-refractivity contribution in [1.29, 1.82) is 0 Å². The summed E-state index contributed by atoms with van der Waals surface area (Å²) in [5.74, 6) is 0.0245. The molecule has 26 heavy (non-hydrogen) atoms. The van der Waals surface area contributed by atoms with Crippen LogP contribution in [0.15, 0.2) is 30.3 Å². The van der Waals surface area contributed by atoms with Gasteiger partial charge >= 0.3 is 0 Å². The Morgan fingerprint density at radius 3 is 2.04 bits per heavy atom. The molecule has 0 aliphatic carbocycles. The van der Waals surface area contributed by atoms with Gasteiger partial charge in [0.1, 0.15) is 0 Å². The van der Waals surface area contributed by atoms with Gasteiger partial charge in [-0.2, -0.15) is 0 Å². The molecule has 0 spiro atoms. The van der Waals surface area contributed by atoms with Gasteiger partial charge in [-0.25, -0.2) is 0 Å². The van der Waals surface area contributed by atoms with Crippen molar-refractivity contribution in [3.63, 3.8) is 0 Å². The second-order valence-electron chi connectivity index (χ2n) is 8.37. The Morgan fingerprint density at radius 2 is 1.54 bits per heavy atom. The zero-order valence-corrected chi connectivity index (χ0v) is 18.3. The lowest BCUT2D eigenvalue weighted by molar-refractivity contribution is -0.152. The van der Waals surface area contributed by atoms with Crippen LogP contribution in [-0.2, 0) is 14.0 Å². The quantitative estimate of drug-likeness (QED) is 0.667. The Kier molecular flexibility index (Phi) is 7.05. The minimum Gasteiger partial charge on any atom is -0.409 e. The fourth-order valence-corrected chi connectivity index (χ4v) is 10.1. The maximum atomic E-state index is 12.3. The lowest BCUT2D eigenvalue weighted by Crippen LogP contribution is -2.56. The maximum absolute atomic E-state index is 12.3. The van der Waals surface area contributed by atoms with Crippen molar-refractivity contribution in [3.8, 4) is 0 Å². The van der Waals surface area contributed by atoms with Gasteiger partial charge in [0.2, 0.25) is 14.2 Å². The molecule has 1 aliphatic heterocycles. The van der Waals surface area contributed by atoms with E-state index in [2.05, 4.69) is 46.9 Å². The monoisotopic (exact) mass is 377 g/mol. The fraction of sp³-hybridized carbons (Fsp3) is 0.667. The first-order chi connectivity index (χ1) is 12.2. The van der Waals surface area contributed by atoms with Crippen molar-refractivity contribution >= 4 is 14.2 Å². The second-order valence-corrected chi connectivity index (χ2v) is 13.8. The number of hydrogen-bond donors (Lipinski definition) is 1. The van der Waals surface area contributed by atoms with E-state index in [4.69, 9.17) is 9.16 Å². The topological polar surface area (TPSA) is 47.6 Å². The van der Waals surface area contributed by atoms with Crippen LogP contribution in [0, 0.1) is 0 Å². The summed E-state index contributed by atoms with van der Waals surface area (Å²) in [6.45, 7) is 15.7. The van der Waals surface area contributed by atoms with Crippen molar-refractivity contribution in [2.75, 3.05) is 0 Å². The van der Waals surface area contributed by atoms with Crippen LogP contribution in [0.5, 0.6) is 0 Å². The van der Waals surface area contributed by atoms with Gasteiger partial charge in [-0.1, -0.05) is 71.9 Å². The Morgan fingerprint density at radius 1 is 1.00 bits per heavy atom. The average molecular weight is 378 g/mol. The van der Waals surface area contributed by atoms with Crippen molar-refractivity contribution in [2.24, 2.45) is 0 Å². The normalized spacial score (nSPS) is 22.8. The van der Waals surface area contributed by atoms with Crippen LogP contribution in [0.2, 0.25) is 16.6 Å². The molecule has 3 atom stereocenters. The molecule has 0 aromatic heterocycles. The molecule has 1 N–H and O–H groups in total. The van der Waals surface area contributed by atoms with Crippen molar-refractivity contribution in [3.05, 3.63) is 35.9 Å². The van der Waals surface area contributed by atoms with Crippen LogP contribution in [0.3, 0.4) is 0 Å². The van der Waals surface area contributed by atoms with Crippen LogP contribution in [0.25, 0.3) is 0 Å². The number of carbonyl (C=O) groups excluding carboxylic acids is 1. The number of ether oxygens (including phenoxy) is 1. The van der Waals surface area contributed by atoms with E-state index in [9.17, 15) is 4.79 Å². The van der Waals surface area contributed by atoms with Gasteiger partial charge in [-0.05, 0) is 29.1 Å². The van der Waals surface area contributed by atoms with Gasteiger partial charge in [-0.15, -0.1) is 0 Å². The van der Waals surface area contributed by atoms with Crippen LogP contribution in [-0.4, -0.2) is 26.6 Å². The van der Waals surface area contributed by atoms with E-state index in [1.165, 1.54) is 0 Å². The molecule has 1 amide bonds. The molecule has 4 nitrogen and oxygen atoms in total. The standard InChI is InChI=1S/C21H35NO3Si/c1-14(2)26(15(3)4,16(5)6)25-17(7)21-22-20(23)13-19(24-21)18-11-9-8-10-12-18/h8-12,14-17,19,21H,13H2,1-7H3,(H,22,23)/t17-,19-,21-/m0/s1. The molecule has 5 heteroatoms. The maximum Gasteiger partial charge on any atom is 0.225 e. The molecule has 0 bridgehead atoms. The molecule has 0 saturated carbocycles. The summed E-state index contributed by atoms with van der Waals surface area (Å²) in [5, 5.41) is 2.99. The van der Waals surface area contributed by atoms with Gasteiger partial charge in [0, 0.05) is 0 Å². The van der Waals surface area contributed by atoms with Crippen molar-refractivity contribution in [1.82, 2.24) is 5.32 Å². The zero-order chi connectivity index (χ0) is 19.5. The minimum atomic E-state index is -2.03. The van der Waals surface area contributed by atoms with E-state index >= 15 is 0 Å². The summed E-state index contributed by atoms with van der Waals surface area (Å²) >= 11 is 0. The molecule has 1 aliphatic rings. The van der Waals surface area contributed by atoms with Crippen LogP contribution in [0.4, 0.5) is 0 Å². The van der Waals surface area contributed by atoms with E-state index < -0.39 is 14.5 Å². The SMILES string of the molecule is CC(C)[Si](O[C@@H](C)[C@H]1NC(=O)C[C@@H](c2ccccc2)O1)(C(C)C)C(C)C. The summed E-state index contributed by atoms with van der Waals surface area (Å²) in [4.78, 5) is 12.3. The molecular formula is C21H35NO3Si. The summed E-state index contributed by atoms with van der Waals surface area (Å²) in [7, 11) is -2.03. The highest BCUT2D eigenvalue weighted by atomic mass is 28.4. The Bertz CT molecular complexity index is 566. The predicted octanol–water partition coefficient (Wildman–Crippen LogP) is 5.17. The molecule has 146 valence electrons. The molecule has 0 unspecified atom stereocenters. The number of nitrogens with one attached hydrogen (secondary N) is 1. The summed E-state index contributed by atoms with van der Waals surface area (Å²) in [6.07, 6.45) is -0.447. The third-order valence-corrected chi connectivity index (χ3v) is 11.9. The van der Waals surface area contributed by atoms with Gasteiger partial charge in [0.25, 0.3) is 0 Å². The fourth-order valence-electron chi connectivity index (χ4n) is 4.53. The first-order valence-electron chi connectivity index (χ1n) is 9.86. The molecule has 1 aromatic rings. The number of amides is 1. The first-order valence-corrected chi connectivity index (χ1v) is 12.0. The smallest absolute Gasteiger partial charge is 0.225 e. The number of hydrogen-bond acceptors (Lipinski definition) is 3. The van der Waals surface area contributed by atoms with E-state index in [1.807, 2.05) is 37.3 Å². The molecule has 1 heterocycles. The summed E-state index contributed by atoms with van der Waals surface area (Å²) in [5.41, 5.74) is 2.53. The van der Waals surface area contributed by atoms with E-state index in [0.29, 0.717) is 23.0 Å². The molecular weight excluding hydrogens is 342 g/mol. The van der Waals surface area contributed by atoms with Crippen LogP contribution in [0.1, 0.15) is 66.6 Å². The van der Waals surface area contributed by atoms with E-state index in [-0.39, 0.29) is 18.1 Å². The van der Waals surface area contributed by atoms with E-state index in [0.717, 1.165) is 5.56 Å². The number of benzene rings is 1. The van der Waals surface area contributed by atoms with Gasteiger partial charge in [0.15, 0.2) is 6.23 Å². The van der Waals surface area contributed by atoms with Crippen LogP contribution < -0.4 is 5.32 Å². The highest BCUT2D eigenvalue weighted by Gasteiger charge is 2.47. The third kappa shape index (κ3) is 4.38. The summed E-state index contributed by atoms with van der Waals surface area (Å²) < 4.78 is 13.0.